The highest BCUT2D eigenvalue weighted by Crippen LogP contribution is 2.33. The first-order chi connectivity index (χ1) is 22.4. The second kappa shape index (κ2) is 15.9. The van der Waals surface area contributed by atoms with Gasteiger partial charge in [-0.1, -0.05) is 60.7 Å². The van der Waals surface area contributed by atoms with Gasteiger partial charge in [0.05, 0.1) is 23.8 Å². The molecule has 0 aliphatic carbocycles. The molecule has 0 radical (unpaired) electrons. The molecule has 0 bridgehead atoms. The fourth-order valence-electron chi connectivity index (χ4n) is 5.50. The van der Waals surface area contributed by atoms with Crippen molar-refractivity contribution in [2.75, 3.05) is 39.0 Å². The number of esters is 1. The van der Waals surface area contributed by atoms with E-state index in [1.807, 2.05) is 23.3 Å². The molecule has 46 heavy (non-hydrogen) atoms. The molecule has 2 aromatic heterocycles. The molecule has 3 heterocycles. The minimum absolute atomic E-state index is 0.0618. The Hall–Kier alpha value is -4.19. The molecular formula is C35H37N5O4S2. The summed E-state index contributed by atoms with van der Waals surface area (Å²) in [6, 6.07) is 26.6. The van der Waals surface area contributed by atoms with Gasteiger partial charge in [0, 0.05) is 50.5 Å². The Kier molecular flexibility index (Phi) is 11.5. The van der Waals surface area contributed by atoms with Crippen molar-refractivity contribution < 1.29 is 19.1 Å². The van der Waals surface area contributed by atoms with Crippen LogP contribution in [0.15, 0.2) is 107 Å². The Labute approximate surface area is 278 Å². The molecule has 1 fully saturated rings. The van der Waals surface area contributed by atoms with Crippen LogP contribution < -0.4 is 0 Å². The van der Waals surface area contributed by atoms with Crippen molar-refractivity contribution in [3.63, 3.8) is 0 Å². The molecule has 5 rings (SSSR count). The number of benzene rings is 2. The van der Waals surface area contributed by atoms with Crippen LogP contribution in [0.2, 0.25) is 0 Å². The van der Waals surface area contributed by atoms with E-state index in [1.165, 1.54) is 27.2 Å². The molecule has 1 aliphatic rings. The van der Waals surface area contributed by atoms with E-state index in [1.54, 1.807) is 50.5 Å². The average Bonchev–Trinajstić information content (AvgIpc) is 3.11. The highest BCUT2D eigenvalue weighted by molar-refractivity contribution is 7.98. The van der Waals surface area contributed by atoms with Gasteiger partial charge in [-0.2, -0.15) is 0 Å². The number of ether oxygens (including phenoxy) is 1. The normalized spacial score (nSPS) is 14.1. The van der Waals surface area contributed by atoms with E-state index in [2.05, 4.69) is 63.4 Å². The van der Waals surface area contributed by atoms with Gasteiger partial charge in [0.25, 0.3) is 5.91 Å². The van der Waals surface area contributed by atoms with Crippen molar-refractivity contribution in [1.82, 2.24) is 24.1 Å². The smallest absolute Gasteiger partial charge is 0.340 e. The molecule has 2 aromatic carbocycles. The average molecular weight is 656 g/mol. The molecule has 1 aliphatic heterocycles. The number of aromatic nitrogens is 2. The summed E-state index contributed by atoms with van der Waals surface area (Å²) in [4.78, 5) is 54.0. The van der Waals surface area contributed by atoms with E-state index in [0.29, 0.717) is 36.8 Å². The molecule has 238 valence electrons. The molecule has 4 aromatic rings. The Morgan fingerprint density at radius 3 is 1.93 bits per heavy atom. The van der Waals surface area contributed by atoms with Crippen LogP contribution in [0.3, 0.4) is 0 Å². The first kappa shape index (κ1) is 33.2. The first-order valence-electron chi connectivity index (χ1n) is 15.2. The largest absolute Gasteiger partial charge is 0.462 e. The van der Waals surface area contributed by atoms with E-state index in [0.717, 1.165) is 11.9 Å². The number of carbonyl (C=O) groups is 3. The summed E-state index contributed by atoms with van der Waals surface area (Å²) in [7, 11) is 0. The maximum atomic E-state index is 14.1. The van der Waals surface area contributed by atoms with Crippen LogP contribution in [0.1, 0.15) is 51.7 Å². The molecule has 11 heteroatoms. The van der Waals surface area contributed by atoms with E-state index in [9.17, 15) is 14.4 Å². The van der Waals surface area contributed by atoms with Gasteiger partial charge in [0.1, 0.15) is 16.1 Å². The van der Waals surface area contributed by atoms with Gasteiger partial charge < -0.3 is 9.64 Å². The first-order valence-corrected chi connectivity index (χ1v) is 17.2. The van der Waals surface area contributed by atoms with Gasteiger partial charge in [-0.25, -0.2) is 14.8 Å². The number of thioether (sulfide) groups is 1. The predicted molar refractivity (Wildman–Crippen MR) is 181 cm³/mol. The molecule has 0 spiro atoms. The lowest BCUT2D eigenvalue weighted by Crippen LogP contribution is -2.54. The van der Waals surface area contributed by atoms with E-state index < -0.39 is 17.9 Å². The van der Waals surface area contributed by atoms with Crippen LogP contribution in [0.25, 0.3) is 0 Å². The van der Waals surface area contributed by atoms with E-state index >= 15 is 0 Å². The molecule has 9 nitrogen and oxygen atoms in total. The van der Waals surface area contributed by atoms with Crippen molar-refractivity contribution >= 4 is 41.5 Å². The number of hydrogen-bond donors (Lipinski definition) is 0. The van der Waals surface area contributed by atoms with Crippen LogP contribution >= 0.6 is 23.7 Å². The Bertz CT molecular complexity index is 1600. The Balaban J connectivity index is 1.39. The van der Waals surface area contributed by atoms with Gasteiger partial charge in [0.2, 0.25) is 5.91 Å². The predicted octanol–water partition coefficient (Wildman–Crippen LogP) is 5.85. The Morgan fingerprint density at radius 2 is 1.37 bits per heavy atom. The minimum atomic E-state index is -0.866. The number of rotatable bonds is 11. The van der Waals surface area contributed by atoms with Gasteiger partial charge >= 0.3 is 5.97 Å². The number of carbonyl (C=O) groups excluding carboxylic acids is 3. The molecular weight excluding hydrogens is 619 g/mol. The van der Waals surface area contributed by atoms with Crippen molar-refractivity contribution in [2.24, 2.45) is 0 Å². The van der Waals surface area contributed by atoms with Crippen molar-refractivity contribution in [3.05, 3.63) is 120 Å². The fourth-order valence-corrected chi connectivity index (χ4v) is 7.02. The number of hydrogen-bond acceptors (Lipinski definition) is 9. The zero-order chi connectivity index (χ0) is 32.5. The number of piperazine rings is 1. The molecule has 0 unspecified atom stereocenters. The summed E-state index contributed by atoms with van der Waals surface area (Å²) in [6.07, 6.45) is 5.02. The molecule has 2 amide bonds. The topological polar surface area (TPSA) is 95.9 Å². The van der Waals surface area contributed by atoms with Crippen molar-refractivity contribution in [1.29, 1.82) is 0 Å². The van der Waals surface area contributed by atoms with Crippen molar-refractivity contribution in [3.8, 4) is 0 Å². The van der Waals surface area contributed by atoms with Crippen LogP contribution in [0.4, 0.5) is 0 Å². The summed E-state index contributed by atoms with van der Waals surface area (Å²) in [5.74, 6) is -1.12. The molecule has 1 saturated heterocycles. The maximum Gasteiger partial charge on any atom is 0.340 e. The van der Waals surface area contributed by atoms with E-state index in [4.69, 9.17) is 4.74 Å². The minimum Gasteiger partial charge on any atom is -0.462 e. The summed E-state index contributed by atoms with van der Waals surface area (Å²) in [6.45, 7) is 5.99. The van der Waals surface area contributed by atoms with Crippen LogP contribution in [-0.4, -0.2) is 86.9 Å². The number of nitrogens with zero attached hydrogens (tertiary/aromatic N) is 5. The van der Waals surface area contributed by atoms with Crippen LogP contribution in [0, 0.1) is 0 Å². The molecule has 0 N–H and O–H groups in total. The van der Waals surface area contributed by atoms with Crippen LogP contribution in [0.5, 0.6) is 0 Å². The van der Waals surface area contributed by atoms with Gasteiger partial charge in [-0.15, -0.1) is 11.8 Å². The summed E-state index contributed by atoms with van der Waals surface area (Å²) >= 11 is 2.32. The van der Waals surface area contributed by atoms with Crippen LogP contribution in [-0.2, 0) is 9.53 Å². The zero-order valence-corrected chi connectivity index (χ0v) is 27.7. The van der Waals surface area contributed by atoms with E-state index in [-0.39, 0.29) is 29.1 Å². The third kappa shape index (κ3) is 7.60. The van der Waals surface area contributed by atoms with Crippen molar-refractivity contribution in [2.45, 2.75) is 36.0 Å². The molecule has 0 saturated carbocycles. The van der Waals surface area contributed by atoms with Gasteiger partial charge in [-0.3, -0.25) is 18.8 Å². The Morgan fingerprint density at radius 1 is 0.804 bits per heavy atom. The number of pyridine rings is 2. The SMILES string of the molecule is CCOC(=O)c1cccnc1SN(C(=O)c1cccnc1SC)[C@H](C)C(=O)N1CCN(C(c2ccccc2)c2ccccc2)CC1. The second-order valence-electron chi connectivity index (χ2n) is 10.6. The lowest BCUT2D eigenvalue weighted by molar-refractivity contribution is -0.136. The van der Waals surface area contributed by atoms with Gasteiger partial charge in [-0.05, 0) is 55.5 Å². The highest BCUT2D eigenvalue weighted by atomic mass is 32.2. The summed E-state index contributed by atoms with van der Waals surface area (Å²) in [5.41, 5.74) is 2.99. The maximum absolute atomic E-state index is 14.1. The standard InChI is InChI=1S/C35H37N5O4S2/c1-4-44-35(43)29-18-12-20-37-32(29)46-40(34(42)28-17-11-19-36-31(28)45-3)25(2)33(41)39-23-21-38(22-24-39)30(26-13-7-5-8-14-26)27-15-9-6-10-16-27/h5-20,25,30H,4,21-24H2,1-3H3/t25-/m1/s1. The second-order valence-corrected chi connectivity index (χ2v) is 12.4. The van der Waals surface area contributed by atoms with Gasteiger partial charge in [0.15, 0.2) is 0 Å². The third-order valence-electron chi connectivity index (χ3n) is 7.78. The quantitative estimate of drug-likeness (QED) is 0.112. The lowest BCUT2D eigenvalue weighted by Gasteiger charge is -2.41. The number of amides is 2. The highest BCUT2D eigenvalue weighted by Gasteiger charge is 2.36. The summed E-state index contributed by atoms with van der Waals surface area (Å²) < 4.78 is 6.65. The third-order valence-corrected chi connectivity index (χ3v) is 9.67. The fraction of sp³-hybridized carbons (Fsp3) is 0.286. The summed E-state index contributed by atoms with van der Waals surface area (Å²) in [5, 5.41) is 0.827. The lowest BCUT2D eigenvalue weighted by atomic mass is 9.96. The zero-order valence-electron chi connectivity index (χ0n) is 26.1. The molecule has 1 atom stereocenters. The monoisotopic (exact) mass is 655 g/mol.